The maximum Gasteiger partial charge on any atom is 3.00 e. The van der Waals surface area contributed by atoms with Crippen LogP contribution in [0.25, 0.3) is 123 Å². The second-order valence-corrected chi connectivity index (χ2v) is 17.7. The van der Waals surface area contributed by atoms with E-state index in [1.807, 2.05) is 67.1 Å². The molecule has 0 fully saturated rings. The van der Waals surface area contributed by atoms with E-state index >= 15 is 0 Å². The molecule has 3 heterocycles. The number of rotatable bonds is 11. The minimum atomic E-state index is 0. The first-order valence-corrected chi connectivity index (χ1v) is 24.1. The molecule has 73 heavy (non-hydrogen) atoms. The van der Waals surface area contributed by atoms with Crippen LogP contribution in [0.5, 0.6) is 0 Å². The van der Waals surface area contributed by atoms with Crippen molar-refractivity contribution in [3.63, 3.8) is 0 Å². The summed E-state index contributed by atoms with van der Waals surface area (Å²) >= 11 is 0. The summed E-state index contributed by atoms with van der Waals surface area (Å²) in [5, 5.41) is 0. The van der Waals surface area contributed by atoms with Gasteiger partial charge in [-0.05, 0) is 120 Å². The first-order chi connectivity index (χ1) is 35.7. The van der Waals surface area contributed by atoms with Crippen LogP contribution in [0.2, 0.25) is 0 Å². The maximum atomic E-state index is 4.91. The van der Waals surface area contributed by atoms with Gasteiger partial charge in [0.1, 0.15) is 0 Å². The fourth-order valence-corrected chi connectivity index (χ4v) is 9.55. The third kappa shape index (κ3) is 10.0. The van der Waals surface area contributed by atoms with E-state index in [1.165, 1.54) is 0 Å². The molecule has 0 radical (unpaired) electrons. The summed E-state index contributed by atoms with van der Waals surface area (Å²) in [4.78, 5) is 14.2. The molecule has 3 aromatic heterocycles. The van der Waals surface area contributed by atoms with E-state index in [2.05, 4.69) is 223 Å². The minimum Gasteiger partial charge on any atom is -0.305 e. The molecule has 0 aliphatic heterocycles. The Hall–Kier alpha value is -8.92. The quantitative estimate of drug-likeness (QED) is 0.121. The van der Waals surface area contributed by atoms with E-state index in [-0.39, 0.29) is 20.1 Å². The summed E-state index contributed by atoms with van der Waals surface area (Å²) in [6, 6.07) is 97.6. The molecule has 4 heteroatoms. The fourth-order valence-electron chi connectivity index (χ4n) is 9.55. The molecule has 0 N–H and O–H groups in total. The summed E-state index contributed by atoms with van der Waals surface area (Å²) < 4.78 is 0. The zero-order valence-corrected chi connectivity index (χ0v) is 42.0. The Bertz CT molecular complexity index is 3590. The Morgan fingerprint density at radius 3 is 1.27 bits per heavy atom. The molecule has 0 saturated carbocycles. The molecule has 0 amide bonds. The van der Waals surface area contributed by atoms with Gasteiger partial charge < -0.3 is 15.0 Å². The van der Waals surface area contributed by atoms with Crippen molar-refractivity contribution in [2.75, 3.05) is 0 Å². The second-order valence-electron chi connectivity index (χ2n) is 17.7. The predicted octanol–water partition coefficient (Wildman–Crippen LogP) is 17.6. The van der Waals surface area contributed by atoms with Gasteiger partial charge in [0.25, 0.3) is 0 Å². The van der Waals surface area contributed by atoms with Gasteiger partial charge in [-0.2, -0.15) is 0 Å². The molecular weight excluding hydrogens is 1060 g/mol. The fraction of sp³-hybridized carbons (Fsp3) is 0. The van der Waals surface area contributed by atoms with Crippen molar-refractivity contribution >= 4 is 0 Å². The molecule has 0 saturated heterocycles. The Labute approximate surface area is 440 Å². The first-order valence-electron chi connectivity index (χ1n) is 24.1. The third-order valence-electron chi connectivity index (χ3n) is 13.2. The summed E-state index contributed by atoms with van der Waals surface area (Å²) in [6.07, 6.45) is 5.67. The Balaban J connectivity index is 0.00000574. The average molecular weight is 1110 g/mol. The van der Waals surface area contributed by atoms with Crippen molar-refractivity contribution in [3.8, 4) is 123 Å². The van der Waals surface area contributed by atoms with Crippen LogP contribution in [0.15, 0.2) is 267 Å². The molecule has 0 bridgehead atoms. The standard InChI is InChI=1S/C69H44N3.Ir/c1-2-15-49(16-3-1)68-37-36-62(47-72-68)56-22-11-19-53(42-56)55-21-13-24-58(44-55)64-28-6-7-30-66(64)60-38-40-71-69(46-60)61-26-14-25-59(45-61)65-29-5-4-27-63(65)57-23-12-20-54(43-57)52-18-10-17-51(41-52)48-32-34-50(35-33-48)67-31-8-9-39-70-67;/h1-15,17-25,27-34,36-47H;/q-3;+3. The van der Waals surface area contributed by atoms with Gasteiger partial charge in [0, 0.05) is 18.6 Å². The minimum absolute atomic E-state index is 0. The smallest absolute Gasteiger partial charge is 0.305 e. The van der Waals surface area contributed by atoms with Crippen LogP contribution in [0, 0.1) is 18.2 Å². The Kier molecular flexibility index (Phi) is 13.5. The van der Waals surface area contributed by atoms with Crippen molar-refractivity contribution in [1.82, 2.24) is 15.0 Å². The van der Waals surface area contributed by atoms with Crippen LogP contribution in [-0.4, -0.2) is 15.0 Å². The molecule has 344 valence electrons. The number of hydrogen-bond acceptors (Lipinski definition) is 3. The average Bonchev–Trinajstić information content (AvgIpc) is 3.48. The zero-order chi connectivity index (χ0) is 48.1. The summed E-state index contributed by atoms with van der Waals surface area (Å²) in [7, 11) is 0. The Morgan fingerprint density at radius 2 is 0.726 bits per heavy atom. The van der Waals surface area contributed by atoms with Gasteiger partial charge in [-0.25, -0.2) is 0 Å². The molecule has 0 aliphatic rings. The van der Waals surface area contributed by atoms with Crippen molar-refractivity contribution in [3.05, 3.63) is 286 Å². The first kappa shape index (κ1) is 46.5. The van der Waals surface area contributed by atoms with Crippen molar-refractivity contribution in [2.24, 2.45) is 0 Å². The molecule has 0 unspecified atom stereocenters. The number of aromatic nitrogens is 3. The van der Waals surface area contributed by atoms with Crippen molar-refractivity contribution in [1.29, 1.82) is 0 Å². The largest absolute Gasteiger partial charge is 3.00 e. The summed E-state index contributed by atoms with van der Waals surface area (Å²) in [5.74, 6) is 0. The van der Waals surface area contributed by atoms with Crippen LogP contribution in [0.3, 0.4) is 0 Å². The number of nitrogens with zero attached hydrogens (tertiary/aromatic N) is 3. The molecule has 9 aromatic carbocycles. The summed E-state index contributed by atoms with van der Waals surface area (Å²) in [6.45, 7) is 0. The van der Waals surface area contributed by atoms with Crippen molar-refractivity contribution in [2.45, 2.75) is 0 Å². The number of benzene rings is 9. The molecule has 0 aliphatic carbocycles. The van der Waals surface area contributed by atoms with Gasteiger partial charge in [0.15, 0.2) is 0 Å². The number of hydrogen-bond donors (Lipinski definition) is 0. The van der Waals surface area contributed by atoms with Crippen LogP contribution in [-0.2, 0) is 20.1 Å². The van der Waals surface area contributed by atoms with E-state index in [9.17, 15) is 0 Å². The van der Waals surface area contributed by atoms with Gasteiger partial charge in [-0.15, -0.1) is 101 Å². The van der Waals surface area contributed by atoms with Crippen LogP contribution < -0.4 is 0 Å². The summed E-state index contributed by atoms with van der Waals surface area (Å²) in [5.41, 5.74) is 23.7. The van der Waals surface area contributed by atoms with Crippen LogP contribution in [0.4, 0.5) is 0 Å². The van der Waals surface area contributed by atoms with Crippen molar-refractivity contribution < 1.29 is 20.1 Å². The molecular formula is C69H44IrN3. The monoisotopic (exact) mass is 1110 g/mol. The van der Waals surface area contributed by atoms with Gasteiger partial charge >= 0.3 is 20.1 Å². The Morgan fingerprint density at radius 1 is 0.247 bits per heavy atom. The maximum absolute atomic E-state index is 4.91. The molecule has 12 rings (SSSR count). The van der Waals surface area contributed by atoms with E-state index < -0.39 is 0 Å². The van der Waals surface area contributed by atoms with Gasteiger partial charge in [-0.1, -0.05) is 169 Å². The van der Waals surface area contributed by atoms with E-state index in [1.54, 1.807) is 0 Å². The zero-order valence-electron chi connectivity index (χ0n) is 39.6. The second kappa shape index (κ2) is 21.2. The molecule has 3 nitrogen and oxygen atoms in total. The van der Waals surface area contributed by atoms with E-state index in [0.717, 1.165) is 123 Å². The van der Waals surface area contributed by atoms with Crippen LogP contribution in [0.1, 0.15) is 0 Å². The molecule has 0 atom stereocenters. The predicted molar refractivity (Wildman–Crippen MR) is 296 cm³/mol. The molecule has 12 aromatic rings. The SMILES string of the molecule is [Ir+3].[c-]1cc(-c2cccc(-c3cccc(-c4ccccc4-c4cc[c-]c(-c5cc(-c6ccccc6-c6cccc(-c7cccc(-c8ccc(-c9[c-]cccc9)nc8)c7)c6)ccn5)c4)c3)c2)ccc1-c1ccccn1. The third-order valence-corrected chi connectivity index (χ3v) is 13.2. The topological polar surface area (TPSA) is 38.7 Å². The molecule has 0 spiro atoms. The van der Waals surface area contributed by atoms with E-state index in [0.29, 0.717) is 0 Å². The van der Waals surface area contributed by atoms with Crippen LogP contribution >= 0.6 is 0 Å². The van der Waals surface area contributed by atoms with Gasteiger partial charge in [0.05, 0.1) is 0 Å². The van der Waals surface area contributed by atoms with Gasteiger partial charge in [0.2, 0.25) is 0 Å². The normalized spacial score (nSPS) is 10.9. The number of pyridine rings is 3. The van der Waals surface area contributed by atoms with Gasteiger partial charge in [-0.3, -0.25) is 0 Å². The van der Waals surface area contributed by atoms with E-state index in [4.69, 9.17) is 9.97 Å².